The maximum atomic E-state index is 11.3. The maximum Gasteiger partial charge on any atom is 0.311 e. The minimum Gasteiger partial charge on any atom is -0.481 e. The van der Waals surface area contributed by atoms with Crippen LogP contribution in [0.15, 0.2) is 28.7 Å². The molecule has 0 aliphatic rings. The van der Waals surface area contributed by atoms with Crippen LogP contribution in [0.1, 0.15) is 38.2 Å². The van der Waals surface area contributed by atoms with E-state index in [0.717, 1.165) is 10.0 Å². The molecule has 94 valence electrons. The molecule has 0 saturated carbocycles. The molecule has 1 aromatic rings. The average molecular weight is 301 g/mol. The molecule has 1 rings (SSSR count). The van der Waals surface area contributed by atoms with Crippen LogP contribution >= 0.6 is 15.9 Å². The van der Waals surface area contributed by atoms with Gasteiger partial charge >= 0.3 is 5.97 Å². The van der Waals surface area contributed by atoms with E-state index in [0.29, 0.717) is 12.8 Å². The van der Waals surface area contributed by atoms with Gasteiger partial charge in [0.1, 0.15) is 0 Å². The summed E-state index contributed by atoms with van der Waals surface area (Å²) in [7, 11) is 0. The van der Waals surface area contributed by atoms with E-state index in [2.05, 4.69) is 15.9 Å². The monoisotopic (exact) mass is 300 g/mol. The van der Waals surface area contributed by atoms with Gasteiger partial charge in [0, 0.05) is 4.47 Å². The fourth-order valence-electron chi connectivity index (χ4n) is 1.67. The smallest absolute Gasteiger partial charge is 0.311 e. The third-order valence-electron chi connectivity index (χ3n) is 2.62. The summed E-state index contributed by atoms with van der Waals surface area (Å²) >= 11 is 3.36. The van der Waals surface area contributed by atoms with E-state index in [-0.39, 0.29) is 0 Å². The Bertz CT molecular complexity index is 396. The molecule has 0 saturated heterocycles. The van der Waals surface area contributed by atoms with E-state index in [1.165, 1.54) is 0 Å². The molecule has 0 radical (unpaired) electrons. The first-order chi connectivity index (χ1) is 7.81. The predicted octanol–water partition coefficient (Wildman–Crippen LogP) is 3.17. The largest absolute Gasteiger partial charge is 0.481 e. The maximum absolute atomic E-state index is 11.3. The second kappa shape index (κ2) is 5.65. The number of carboxylic acid groups (broad SMARTS) is 1. The van der Waals surface area contributed by atoms with Crippen LogP contribution < -0.4 is 0 Å². The zero-order chi connectivity index (χ0) is 13.1. The topological polar surface area (TPSA) is 57.5 Å². The number of aliphatic hydroxyl groups is 1. The Labute approximate surface area is 110 Å². The van der Waals surface area contributed by atoms with Crippen molar-refractivity contribution in [3.63, 3.8) is 0 Å². The van der Waals surface area contributed by atoms with Crippen LogP contribution in [-0.4, -0.2) is 21.8 Å². The van der Waals surface area contributed by atoms with Gasteiger partial charge in [0.25, 0.3) is 0 Å². The summed E-state index contributed by atoms with van der Waals surface area (Å²) < 4.78 is 0.795. The summed E-state index contributed by atoms with van der Waals surface area (Å²) in [6, 6.07) is 7.30. The summed E-state index contributed by atoms with van der Waals surface area (Å²) in [5.41, 5.74) is -0.0844. The summed E-state index contributed by atoms with van der Waals surface area (Å²) in [5.74, 6) is -1.45. The van der Waals surface area contributed by atoms with Gasteiger partial charge in [-0.15, -0.1) is 0 Å². The Morgan fingerprint density at radius 3 is 2.47 bits per heavy atom. The van der Waals surface area contributed by atoms with Crippen molar-refractivity contribution >= 4 is 21.9 Å². The molecule has 4 heteroatoms. The van der Waals surface area contributed by atoms with Crippen molar-refractivity contribution < 1.29 is 15.0 Å². The summed E-state index contributed by atoms with van der Waals surface area (Å²) in [6.45, 7) is 3.37. The van der Waals surface area contributed by atoms with E-state index >= 15 is 0 Å². The Balaban J connectivity index is 2.88. The van der Waals surface area contributed by atoms with Crippen molar-refractivity contribution in [2.75, 3.05) is 0 Å². The van der Waals surface area contributed by atoms with Gasteiger partial charge in [-0.2, -0.15) is 0 Å². The van der Waals surface area contributed by atoms with Gasteiger partial charge in [-0.3, -0.25) is 4.79 Å². The van der Waals surface area contributed by atoms with Gasteiger partial charge in [0.15, 0.2) is 0 Å². The highest BCUT2D eigenvalue weighted by atomic mass is 79.9. The number of hydrogen-bond donors (Lipinski definition) is 2. The van der Waals surface area contributed by atoms with Crippen LogP contribution in [-0.2, 0) is 4.79 Å². The van der Waals surface area contributed by atoms with Crippen LogP contribution in [0.2, 0.25) is 0 Å². The Morgan fingerprint density at radius 2 is 2.00 bits per heavy atom. The Hall–Kier alpha value is -0.870. The molecule has 1 unspecified atom stereocenters. The lowest BCUT2D eigenvalue weighted by molar-refractivity contribution is -0.139. The third-order valence-corrected chi connectivity index (χ3v) is 3.35. The molecule has 0 aliphatic carbocycles. The van der Waals surface area contributed by atoms with Gasteiger partial charge in [0.05, 0.1) is 11.5 Å². The molecule has 0 amide bonds. The van der Waals surface area contributed by atoms with E-state index < -0.39 is 17.5 Å². The minimum atomic E-state index is -0.860. The molecule has 1 aromatic carbocycles. The lowest BCUT2D eigenvalue weighted by Gasteiger charge is -2.20. The fourth-order valence-corrected chi connectivity index (χ4v) is 2.23. The van der Waals surface area contributed by atoms with E-state index in [9.17, 15) is 15.0 Å². The average Bonchev–Trinajstić information content (AvgIpc) is 2.18. The first-order valence-electron chi connectivity index (χ1n) is 5.51. The first kappa shape index (κ1) is 14.2. The summed E-state index contributed by atoms with van der Waals surface area (Å²) in [5, 5.41) is 18.9. The first-order valence-corrected chi connectivity index (χ1v) is 6.30. The molecule has 0 fully saturated rings. The van der Waals surface area contributed by atoms with Crippen molar-refractivity contribution in [1.29, 1.82) is 0 Å². The van der Waals surface area contributed by atoms with E-state index in [1.54, 1.807) is 19.9 Å². The lowest BCUT2D eigenvalue weighted by Crippen LogP contribution is -2.22. The standard InChI is InChI=1S/C13H17BrO3/c1-13(2,17)8-7-10(12(15)16)9-5-3-4-6-11(9)14/h3-6,10,17H,7-8H2,1-2H3,(H,15,16). The third kappa shape index (κ3) is 4.48. The molecule has 0 bridgehead atoms. The number of benzene rings is 1. The van der Waals surface area contributed by atoms with Crippen LogP contribution in [0, 0.1) is 0 Å². The van der Waals surface area contributed by atoms with Crippen molar-refractivity contribution in [3.8, 4) is 0 Å². The minimum absolute atomic E-state index is 0.418. The molecule has 0 aromatic heterocycles. The normalized spacial score (nSPS) is 13.4. The van der Waals surface area contributed by atoms with Gasteiger partial charge in [-0.1, -0.05) is 34.1 Å². The molecular weight excluding hydrogens is 284 g/mol. The number of hydrogen-bond acceptors (Lipinski definition) is 2. The van der Waals surface area contributed by atoms with Crippen molar-refractivity contribution in [1.82, 2.24) is 0 Å². The van der Waals surface area contributed by atoms with E-state index in [1.807, 2.05) is 18.2 Å². The van der Waals surface area contributed by atoms with E-state index in [4.69, 9.17) is 0 Å². The molecular formula is C13H17BrO3. The number of carbonyl (C=O) groups is 1. The van der Waals surface area contributed by atoms with Crippen LogP contribution in [0.3, 0.4) is 0 Å². The van der Waals surface area contributed by atoms with Gasteiger partial charge in [-0.25, -0.2) is 0 Å². The zero-order valence-electron chi connectivity index (χ0n) is 9.98. The quantitative estimate of drug-likeness (QED) is 0.878. The van der Waals surface area contributed by atoms with Crippen molar-refractivity contribution in [3.05, 3.63) is 34.3 Å². The second-order valence-corrected chi connectivity index (χ2v) is 5.62. The number of aliphatic carboxylic acids is 1. The van der Waals surface area contributed by atoms with Crippen molar-refractivity contribution in [2.24, 2.45) is 0 Å². The predicted molar refractivity (Wildman–Crippen MR) is 70.1 cm³/mol. The number of halogens is 1. The highest BCUT2D eigenvalue weighted by Gasteiger charge is 2.24. The molecule has 1 atom stereocenters. The SMILES string of the molecule is CC(C)(O)CCC(C(=O)O)c1ccccc1Br. The lowest BCUT2D eigenvalue weighted by atomic mass is 9.90. The molecule has 0 aliphatic heterocycles. The molecule has 0 spiro atoms. The Morgan fingerprint density at radius 1 is 1.41 bits per heavy atom. The highest BCUT2D eigenvalue weighted by Crippen LogP contribution is 2.30. The Kier molecular flexibility index (Phi) is 4.71. The summed E-state index contributed by atoms with van der Waals surface area (Å²) in [4.78, 5) is 11.3. The highest BCUT2D eigenvalue weighted by molar-refractivity contribution is 9.10. The van der Waals surface area contributed by atoms with Crippen LogP contribution in [0.25, 0.3) is 0 Å². The summed E-state index contributed by atoms with van der Waals surface area (Å²) in [6.07, 6.45) is 0.868. The van der Waals surface area contributed by atoms with Crippen LogP contribution in [0.4, 0.5) is 0 Å². The molecule has 0 heterocycles. The van der Waals surface area contributed by atoms with Gasteiger partial charge in [-0.05, 0) is 38.3 Å². The molecule has 2 N–H and O–H groups in total. The zero-order valence-corrected chi connectivity index (χ0v) is 11.6. The molecule has 17 heavy (non-hydrogen) atoms. The second-order valence-electron chi connectivity index (χ2n) is 4.76. The fraction of sp³-hybridized carbons (Fsp3) is 0.462. The molecule has 3 nitrogen and oxygen atoms in total. The van der Waals surface area contributed by atoms with Crippen LogP contribution in [0.5, 0.6) is 0 Å². The van der Waals surface area contributed by atoms with Gasteiger partial charge < -0.3 is 10.2 Å². The number of carboxylic acids is 1. The van der Waals surface area contributed by atoms with Crippen molar-refractivity contribution in [2.45, 2.75) is 38.2 Å². The number of rotatable bonds is 5. The van der Waals surface area contributed by atoms with Gasteiger partial charge in [0.2, 0.25) is 0 Å².